The SMILES string of the molecule is C[C@]1(CC/C(=C/CO)CO)[C@H](C=O)CC[C@@]23COC(=O)C2=CCC[C@@H]31. The van der Waals surface area contributed by atoms with Gasteiger partial charge in [0, 0.05) is 16.9 Å². The summed E-state index contributed by atoms with van der Waals surface area (Å²) in [6, 6.07) is 0. The van der Waals surface area contributed by atoms with Crippen molar-refractivity contribution in [2.24, 2.45) is 22.7 Å². The first-order chi connectivity index (χ1) is 12.0. The predicted octanol–water partition coefficient (Wildman–Crippen LogP) is 2.17. The van der Waals surface area contributed by atoms with E-state index in [4.69, 9.17) is 9.84 Å². The minimum Gasteiger partial charge on any atom is -0.461 e. The van der Waals surface area contributed by atoms with E-state index < -0.39 is 0 Å². The molecule has 1 heterocycles. The van der Waals surface area contributed by atoms with Crippen LogP contribution < -0.4 is 0 Å². The Hall–Kier alpha value is -1.46. The van der Waals surface area contributed by atoms with Crippen LogP contribution >= 0.6 is 0 Å². The highest BCUT2D eigenvalue weighted by molar-refractivity contribution is 5.92. The fourth-order valence-electron chi connectivity index (χ4n) is 5.53. The fourth-order valence-corrected chi connectivity index (χ4v) is 5.53. The first-order valence-corrected chi connectivity index (χ1v) is 9.24. The number of hydrogen-bond donors (Lipinski definition) is 2. The number of ether oxygens (including phenoxy) is 1. The summed E-state index contributed by atoms with van der Waals surface area (Å²) < 4.78 is 5.43. The largest absolute Gasteiger partial charge is 0.461 e. The van der Waals surface area contributed by atoms with Crippen molar-refractivity contribution in [3.63, 3.8) is 0 Å². The third-order valence-electron chi connectivity index (χ3n) is 6.96. The lowest BCUT2D eigenvalue weighted by Crippen LogP contribution is -2.52. The number of carbonyl (C=O) groups is 2. The molecule has 2 N–H and O–H groups in total. The number of allylic oxidation sites excluding steroid dienone is 1. The molecular weight excluding hydrogens is 320 g/mol. The standard InChI is InChI=1S/C20H28O5/c1-19(8-5-14(11-22)7-10-21)15(12-23)6-9-20-13-25-18(24)16(20)3-2-4-17(19)20/h3,7,12,15,17,21-22H,2,4-6,8-11,13H2,1H3/b14-7-/t15-,17+,19-,20+/m0/s1. The van der Waals surface area contributed by atoms with Gasteiger partial charge in [0.2, 0.25) is 0 Å². The zero-order valence-electron chi connectivity index (χ0n) is 14.9. The van der Waals surface area contributed by atoms with E-state index in [-0.39, 0.29) is 41.8 Å². The number of aldehydes is 1. The fraction of sp³-hybridized carbons (Fsp3) is 0.700. The van der Waals surface area contributed by atoms with Crippen molar-refractivity contribution in [3.05, 3.63) is 23.3 Å². The summed E-state index contributed by atoms with van der Waals surface area (Å²) >= 11 is 0. The van der Waals surface area contributed by atoms with Crippen LogP contribution in [-0.4, -0.2) is 42.3 Å². The van der Waals surface area contributed by atoms with Crippen LogP contribution in [0.1, 0.15) is 45.4 Å². The van der Waals surface area contributed by atoms with E-state index in [0.717, 1.165) is 49.5 Å². The van der Waals surface area contributed by atoms with Gasteiger partial charge in [0.1, 0.15) is 12.9 Å². The van der Waals surface area contributed by atoms with E-state index in [1.54, 1.807) is 6.08 Å². The van der Waals surface area contributed by atoms with Gasteiger partial charge in [-0.3, -0.25) is 0 Å². The molecule has 0 radical (unpaired) electrons. The van der Waals surface area contributed by atoms with Crippen molar-refractivity contribution >= 4 is 12.3 Å². The molecule has 138 valence electrons. The molecule has 1 spiro atoms. The van der Waals surface area contributed by atoms with E-state index in [1.807, 2.05) is 6.08 Å². The summed E-state index contributed by atoms with van der Waals surface area (Å²) in [5.74, 6) is -0.00968. The number of rotatable bonds is 6. The van der Waals surface area contributed by atoms with Gasteiger partial charge in [0.15, 0.2) is 0 Å². The van der Waals surface area contributed by atoms with Crippen LogP contribution in [0.5, 0.6) is 0 Å². The zero-order chi connectivity index (χ0) is 18.1. The average molecular weight is 348 g/mol. The van der Waals surface area contributed by atoms with Crippen LogP contribution in [0.2, 0.25) is 0 Å². The third-order valence-corrected chi connectivity index (χ3v) is 6.96. The maximum Gasteiger partial charge on any atom is 0.334 e. The third kappa shape index (κ3) is 2.87. The molecule has 0 aromatic rings. The van der Waals surface area contributed by atoms with Crippen LogP contribution in [0.25, 0.3) is 0 Å². The van der Waals surface area contributed by atoms with Crippen molar-refractivity contribution in [2.45, 2.75) is 45.4 Å². The predicted molar refractivity (Wildman–Crippen MR) is 92.6 cm³/mol. The minimum absolute atomic E-state index is 0.0488. The zero-order valence-corrected chi connectivity index (χ0v) is 14.9. The molecule has 3 aliphatic rings. The minimum atomic E-state index is -0.246. The second-order valence-electron chi connectivity index (χ2n) is 7.97. The molecule has 0 bridgehead atoms. The van der Waals surface area contributed by atoms with E-state index >= 15 is 0 Å². The van der Waals surface area contributed by atoms with Crippen molar-refractivity contribution in [1.82, 2.24) is 0 Å². The number of aliphatic hydroxyl groups is 2. The van der Waals surface area contributed by atoms with E-state index in [0.29, 0.717) is 13.0 Å². The van der Waals surface area contributed by atoms with Gasteiger partial charge < -0.3 is 19.7 Å². The molecule has 2 aliphatic carbocycles. The summed E-state index contributed by atoms with van der Waals surface area (Å²) in [5.41, 5.74) is 1.15. The van der Waals surface area contributed by atoms with Gasteiger partial charge >= 0.3 is 5.97 Å². The lowest BCUT2D eigenvalue weighted by atomic mass is 9.46. The number of aliphatic hydroxyl groups excluding tert-OH is 2. The van der Waals surface area contributed by atoms with E-state index in [2.05, 4.69) is 6.92 Å². The summed E-state index contributed by atoms with van der Waals surface area (Å²) in [5, 5.41) is 18.6. The van der Waals surface area contributed by atoms with Crippen molar-refractivity contribution in [3.8, 4) is 0 Å². The van der Waals surface area contributed by atoms with E-state index in [1.165, 1.54) is 0 Å². The van der Waals surface area contributed by atoms with Crippen LogP contribution in [0, 0.1) is 22.7 Å². The normalized spacial score (nSPS) is 37.8. The Balaban J connectivity index is 1.92. The Morgan fingerprint density at radius 2 is 2.20 bits per heavy atom. The molecule has 5 nitrogen and oxygen atoms in total. The molecular formula is C20H28O5. The highest BCUT2D eigenvalue weighted by atomic mass is 16.5. The van der Waals surface area contributed by atoms with Crippen molar-refractivity contribution in [2.75, 3.05) is 19.8 Å². The van der Waals surface area contributed by atoms with Crippen LogP contribution in [0.4, 0.5) is 0 Å². The summed E-state index contributed by atoms with van der Waals surface area (Å²) in [6.07, 6.45) is 9.57. The van der Waals surface area contributed by atoms with Crippen LogP contribution in [0.15, 0.2) is 23.3 Å². The molecule has 0 amide bonds. The quantitative estimate of drug-likeness (QED) is 0.437. The van der Waals surface area contributed by atoms with Gasteiger partial charge in [0.05, 0.1) is 13.2 Å². The van der Waals surface area contributed by atoms with E-state index in [9.17, 15) is 14.7 Å². The summed E-state index contributed by atoms with van der Waals surface area (Å²) in [6.45, 7) is 2.43. The van der Waals surface area contributed by atoms with Crippen molar-refractivity contribution in [1.29, 1.82) is 0 Å². The molecule has 25 heavy (non-hydrogen) atoms. The summed E-state index contributed by atoms with van der Waals surface area (Å²) in [7, 11) is 0. The number of cyclic esters (lactones) is 1. The summed E-state index contributed by atoms with van der Waals surface area (Å²) in [4.78, 5) is 24.0. The monoisotopic (exact) mass is 348 g/mol. The Kier molecular flexibility index (Phi) is 5.16. The lowest BCUT2D eigenvalue weighted by Gasteiger charge is -2.56. The van der Waals surface area contributed by atoms with Gasteiger partial charge in [-0.05, 0) is 55.4 Å². The van der Waals surface area contributed by atoms with Gasteiger partial charge in [-0.25, -0.2) is 4.79 Å². The molecule has 3 rings (SSSR count). The smallest absolute Gasteiger partial charge is 0.334 e. The Labute approximate surface area is 148 Å². The molecule has 2 fully saturated rings. The molecule has 0 unspecified atom stereocenters. The van der Waals surface area contributed by atoms with Gasteiger partial charge in [-0.2, -0.15) is 0 Å². The molecule has 5 heteroatoms. The highest BCUT2D eigenvalue weighted by Crippen LogP contribution is 2.63. The van der Waals surface area contributed by atoms with Crippen molar-refractivity contribution < 1.29 is 24.5 Å². The van der Waals surface area contributed by atoms with Gasteiger partial charge in [0.25, 0.3) is 0 Å². The molecule has 0 aromatic carbocycles. The first kappa shape index (κ1) is 18.3. The average Bonchev–Trinajstić information content (AvgIpc) is 2.95. The van der Waals surface area contributed by atoms with Crippen LogP contribution in [-0.2, 0) is 14.3 Å². The molecule has 1 saturated carbocycles. The Morgan fingerprint density at radius 1 is 1.40 bits per heavy atom. The molecule has 0 aromatic heterocycles. The molecule has 4 atom stereocenters. The number of carbonyl (C=O) groups excluding carboxylic acids is 2. The van der Waals surface area contributed by atoms with Crippen LogP contribution in [0.3, 0.4) is 0 Å². The molecule has 1 saturated heterocycles. The topological polar surface area (TPSA) is 83.8 Å². The first-order valence-electron chi connectivity index (χ1n) is 9.24. The number of hydrogen-bond acceptors (Lipinski definition) is 5. The Bertz CT molecular complexity index is 607. The highest BCUT2D eigenvalue weighted by Gasteiger charge is 2.61. The maximum absolute atomic E-state index is 12.2. The second kappa shape index (κ2) is 7.04. The second-order valence-corrected chi connectivity index (χ2v) is 7.97. The van der Waals surface area contributed by atoms with Gasteiger partial charge in [-0.1, -0.05) is 19.1 Å². The number of esters is 1. The maximum atomic E-state index is 12.2. The molecule has 1 aliphatic heterocycles. The lowest BCUT2D eigenvalue weighted by molar-refractivity contribution is -0.136. The Morgan fingerprint density at radius 3 is 2.88 bits per heavy atom. The van der Waals surface area contributed by atoms with Gasteiger partial charge in [-0.15, -0.1) is 0 Å².